The quantitative estimate of drug-likeness (QED) is 0.216. The van der Waals surface area contributed by atoms with Gasteiger partial charge in [0.1, 0.15) is 17.7 Å². The van der Waals surface area contributed by atoms with E-state index >= 15 is 0 Å². The van der Waals surface area contributed by atoms with E-state index in [1.807, 2.05) is 62.4 Å². The van der Waals surface area contributed by atoms with Gasteiger partial charge in [-0.2, -0.15) is 0 Å². The standard InChI is InChI=1S/C38H47N3O7/c1-6-8-15-30(43)39-26(5)33(27-13-10-9-11-14-27)47-37(46)31-29-18-19-38(48-29)32(31)35(44)41(21-12-22-42)34(38)36(45)40(20-7-2)28-23-24(3)16-17-25(28)4/h6-7,9-11,13-14,16-17,23,26,29,31-34,42H,1-2,8,12,15,18-22H2,3-5H3,(H,39,43)/t26-,29-,31+,32+,33-,34-,38+/m1/s1. The Labute approximate surface area is 282 Å². The Bertz CT molecular complexity index is 1540. The molecule has 3 saturated heterocycles. The Balaban J connectivity index is 1.48. The largest absolute Gasteiger partial charge is 0.455 e. The molecule has 2 aromatic rings. The molecule has 3 fully saturated rings. The summed E-state index contributed by atoms with van der Waals surface area (Å²) in [6.45, 7) is 13.4. The average molecular weight is 658 g/mol. The fourth-order valence-corrected chi connectivity index (χ4v) is 7.72. The highest BCUT2D eigenvalue weighted by molar-refractivity contribution is 6.05. The Morgan fingerprint density at radius 3 is 2.60 bits per heavy atom. The van der Waals surface area contributed by atoms with Crippen molar-refractivity contribution >= 4 is 29.4 Å². The van der Waals surface area contributed by atoms with Crippen molar-refractivity contribution in [3.8, 4) is 0 Å². The number of hydrogen-bond donors (Lipinski definition) is 2. The second kappa shape index (κ2) is 14.9. The molecular weight excluding hydrogens is 610 g/mol. The first-order valence-electron chi connectivity index (χ1n) is 16.8. The van der Waals surface area contributed by atoms with Gasteiger partial charge in [0.05, 0.1) is 24.0 Å². The van der Waals surface area contributed by atoms with Crippen LogP contribution in [0.5, 0.6) is 0 Å². The zero-order valence-electron chi connectivity index (χ0n) is 28.1. The van der Waals surface area contributed by atoms with Crippen molar-refractivity contribution in [2.24, 2.45) is 11.8 Å². The first kappa shape index (κ1) is 35.0. The average Bonchev–Trinajstić information content (AvgIpc) is 3.72. The van der Waals surface area contributed by atoms with Gasteiger partial charge in [-0.15, -0.1) is 13.2 Å². The van der Waals surface area contributed by atoms with Crippen molar-refractivity contribution in [1.29, 1.82) is 0 Å². The maximum Gasteiger partial charge on any atom is 0.313 e. The van der Waals surface area contributed by atoms with Gasteiger partial charge in [0, 0.05) is 31.8 Å². The van der Waals surface area contributed by atoms with E-state index in [4.69, 9.17) is 9.47 Å². The Morgan fingerprint density at radius 1 is 1.17 bits per heavy atom. The second-order valence-electron chi connectivity index (χ2n) is 13.1. The van der Waals surface area contributed by atoms with E-state index in [1.54, 1.807) is 24.0 Å². The van der Waals surface area contributed by atoms with E-state index in [9.17, 15) is 24.3 Å². The third-order valence-corrected chi connectivity index (χ3v) is 9.89. The molecule has 2 aromatic carbocycles. The molecule has 10 heteroatoms. The number of carbonyl (C=O) groups is 4. The number of likely N-dealkylation sites (tertiary alicyclic amines) is 1. The Kier molecular flexibility index (Phi) is 10.9. The molecule has 3 heterocycles. The molecule has 48 heavy (non-hydrogen) atoms. The lowest BCUT2D eigenvalue weighted by Gasteiger charge is -2.37. The van der Waals surface area contributed by atoms with Crippen molar-refractivity contribution < 1.29 is 33.8 Å². The zero-order valence-corrected chi connectivity index (χ0v) is 28.1. The van der Waals surface area contributed by atoms with E-state index in [2.05, 4.69) is 18.5 Å². The van der Waals surface area contributed by atoms with Gasteiger partial charge >= 0.3 is 5.97 Å². The summed E-state index contributed by atoms with van der Waals surface area (Å²) in [7, 11) is 0. The first-order chi connectivity index (χ1) is 23.1. The van der Waals surface area contributed by atoms with Crippen LogP contribution < -0.4 is 10.2 Å². The highest BCUT2D eigenvalue weighted by Gasteiger charge is 2.75. The number of ether oxygens (including phenoxy) is 2. The van der Waals surface area contributed by atoms with Gasteiger partial charge in [-0.1, -0.05) is 54.6 Å². The summed E-state index contributed by atoms with van der Waals surface area (Å²) in [5.74, 6) is -3.34. The number of nitrogens with zero attached hydrogens (tertiary/aromatic N) is 2. The molecule has 0 saturated carbocycles. The summed E-state index contributed by atoms with van der Waals surface area (Å²) in [6, 6.07) is 13.5. The van der Waals surface area contributed by atoms with Crippen LogP contribution >= 0.6 is 0 Å². The van der Waals surface area contributed by atoms with Gasteiger partial charge < -0.3 is 29.7 Å². The third-order valence-electron chi connectivity index (χ3n) is 9.89. The number of fused-ring (bicyclic) bond motifs is 1. The van der Waals surface area contributed by atoms with E-state index in [0.717, 1.165) is 11.1 Å². The van der Waals surface area contributed by atoms with Gasteiger partial charge in [0.25, 0.3) is 5.91 Å². The molecule has 2 N–H and O–H groups in total. The Hall–Kier alpha value is -4.28. The number of nitrogens with one attached hydrogen (secondary N) is 1. The lowest BCUT2D eigenvalue weighted by Crippen LogP contribution is -2.56. The summed E-state index contributed by atoms with van der Waals surface area (Å²) in [5.41, 5.74) is 2.06. The number of allylic oxidation sites excluding steroid dienone is 1. The molecule has 10 nitrogen and oxygen atoms in total. The molecule has 7 atom stereocenters. The lowest BCUT2D eigenvalue weighted by molar-refractivity contribution is -0.162. The van der Waals surface area contributed by atoms with E-state index < -0.39 is 47.7 Å². The van der Waals surface area contributed by atoms with Crippen LogP contribution in [0.4, 0.5) is 5.69 Å². The summed E-state index contributed by atoms with van der Waals surface area (Å²) in [5, 5.41) is 12.7. The zero-order chi connectivity index (χ0) is 34.6. The van der Waals surface area contributed by atoms with Crippen LogP contribution in [0.3, 0.4) is 0 Å². The van der Waals surface area contributed by atoms with Crippen LogP contribution in [-0.2, 0) is 28.7 Å². The van der Waals surface area contributed by atoms with Crippen LogP contribution in [0.2, 0.25) is 0 Å². The molecule has 3 aliphatic heterocycles. The summed E-state index contributed by atoms with van der Waals surface area (Å²) in [6.07, 6.45) is 3.83. The summed E-state index contributed by atoms with van der Waals surface area (Å²) in [4.78, 5) is 59.1. The molecule has 0 aromatic heterocycles. The molecular formula is C38H47N3O7. The van der Waals surface area contributed by atoms with Crippen molar-refractivity contribution in [3.63, 3.8) is 0 Å². The normalized spacial score (nSPS) is 25.2. The number of aryl methyl sites for hydroxylation is 2. The van der Waals surface area contributed by atoms with Crippen molar-refractivity contribution in [3.05, 3.63) is 90.5 Å². The molecule has 0 radical (unpaired) electrons. The van der Waals surface area contributed by atoms with Gasteiger partial charge in [-0.25, -0.2) is 0 Å². The summed E-state index contributed by atoms with van der Waals surface area (Å²) < 4.78 is 12.8. The predicted octanol–water partition coefficient (Wildman–Crippen LogP) is 4.33. The maximum absolute atomic E-state index is 14.7. The van der Waals surface area contributed by atoms with E-state index in [-0.39, 0.29) is 50.3 Å². The fourth-order valence-electron chi connectivity index (χ4n) is 7.72. The van der Waals surface area contributed by atoms with Crippen molar-refractivity contribution in [2.45, 2.75) is 82.8 Å². The number of hydrogen-bond acceptors (Lipinski definition) is 7. The highest BCUT2D eigenvalue weighted by Crippen LogP contribution is 2.59. The second-order valence-corrected chi connectivity index (χ2v) is 13.1. The monoisotopic (exact) mass is 657 g/mol. The molecule has 3 amide bonds. The molecule has 0 unspecified atom stereocenters. The van der Waals surface area contributed by atoms with Gasteiger partial charge in [0.15, 0.2) is 0 Å². The molecule has 5 rings (SSSR count). The number of anilines is 1. The molecule has 2 bridgehead atoms. The van der Waals surface area contributed by atoms with Crippen molar-refractivity contribution in [2.75, 3.05) is 24.6 Å². The smallest absolute Gasteiger partial charge is 0.313 e. The number of carbonyl (C=O) groups excluding carboxylic acids is 4. The van der Waals surface area contributed by atoms with Gasteiger partial charge in [-0.05, 0) is 69.2 Å². The van der Waals surface area contributed by atoms with E-state index in [1.165, 1.54) is 4.90 Å². The Morgan fingerprint density at radius 2 is 1.92 bits per heavy atom. The minimum Gasteiger partial charge on any atom is -0.455 e. The summed E-state index contributed by atoms with van der Waals surface area (Å²) >= 11 is 0. The number of aliphatic hydroxyl groups is 1. The molecule has 256 valence electrons. The van der Waals surface area contributed by atoms with Crippen LogP contribution in [-0.4, -0.2) is 77.2 Å². The molecule has 3 aliphatic rings. The number of benzene rings is 2. The van der Waals surface area contributed by atoms with Gasteiger partial charge in [0.2, 0.25) is 11.8 Å². The first-order valence-corrected chi connectivity index (χ1v) is 16.8. The van der Waals surface area contributed by atoms with Crippen LogP contribution in [0.25, 0.3) is 0 Å². The molecule has 0 aliphatic carbocycles. The highest BCUT2D eigenvalue weighted by atomic mass is 16.6. The number of amides is 3. The lowest BCUT2D eigenvalue weighted by atomic mass is 9.70. The molecule has 1 spiro atoms. The topological polar surface area (TPSA) is 125 Å². The minimum atomic E-state index is -1.23. The van der Waals surface area contributed by atoms with Gasteiger partial charge in [-0.3, -0.25) is 19.2 Å². The fraction of sp³-hybridized carbons (Fsp3) is 0.474. The van der Waals surface area contributed by atoms with Crippen LogP contribution in [0.15, 0.2) is 73.8 Å². The maximum atomic E-state index is 14.7. The number of rotatable bonds is 15. The SMILES string of the molecule is C=CCCC(=O)N[C@H](C)[C@@H](OC(=O)[C@@H]1[C@H]2C(=O)N(CCCO)[C@H](C(=O)N(CC=C)c3cc(C)ccc3C)[C@]23CC[C@H]1O3)c1ccccc1. The minimum absolute atomic E-state index is 0.134. The van der Waals surface area contributed by atoms with Crippen molar-refractivity contribution in [1.82, 2.24) is 10.2 Å². The number of aliphatic hydroxyl groups excluding tert-OH is 1. The van der Waals surface area contributed by atoms with Crippen LogP contribution in [0, 0.1) is 25.7 Å². The number of esters is 1. The third kappa shape index (κ3) is 6.56. The van der Waals surface area contributed by atoms with E-state index in [0.29, 0.717) is 30.5 Å². The predicted molar refractivity (Wildman–Crippen MR) is 182 cm³/mol. The van der Waals surface area contributed by atoms with Crippen LogP contribution in [0.1, 0.15) is 61.8 Å².